The molecule has 0 atom stereocenters. The highest BCUT2D eigenvalue weighted by atomic mass is 16.5. The molecule has 0 radical (unpaired) electrons. The number of carboxylic acid groups (broad SMARTS) is 1. The Bertz CT molecular complexity index is 672. The van der Waals surface area contributed by atoms with E-state index in [1.54, 1.807) is 25.1 Å². The molecule has 0 bridgehead atoms. The molecule has 0 aliphatic rings. The second kappa shape index (κ2) is 6.19. The van der Waals surface area contributed by atoms with Crippen LogP contribution in [-0.2, 0) is 6.61 Å². The molecular weight excluding hydrogens is 276 g/mol. The van der Waals surface area contributed by atoms with Gasteiger partial charge < -0.3 is 19.7 Å². The minimum atomic E-state index is -1.09. The van der Waals surface area contributed by atoms with Gasteiger partial charge in [0.15, 0.2) is 11.5 Å². The summed E-state index contributed by atoms with van der Waals surface area (Å²) in [7, 11) is 1.48. The van der Waals surface area contributed by atoms with E-state index in [1.165, 1.54) is 13.3 Å². The van der Waals surface area contributed by atoms with Gasteiger partial charge in [-0.2, -0.15) is 4.98 Å². The Morgan fingerprint density at radius 2 is 2.10 bits per heavy atom. The van der Waals surface area contributed by atoms with Crippen molar-refractivity contribution in [1.29, 1.82) is 0 Å². The fourth-order valence-electron chi connectivity index (χ4n) is 1.70. The number of carboxylic acids is 1. The minimum Gasteiger partial charge on any atom is -0.493 e. The quantitative estimate of drug-likeness (QED) is 0.865. The smallest absolute Gasteiger partial charge is 0.339 e. The number of methoxy groups -OCH3 is 1. The first-order valence-corrected chi connectivity index (χ1v) is 6.07. The Labute approximate surface area is 120 Å². The molecule has 0 amide bonds. The number of aromatic nitrogens is 2. The summed E-state index contributed by atoms with van der Waals surface area (Å²) in [5, 5.41) is 18.0. The Morgan fingerprint density at radius 1 is 1.33 bits per heavy atom. The molecule has 0 saturated heterocycles. The van der Waals surface area contributed by atoms with Crippen LogP contribution in [0.2, 0.25) is 0 Å². The van der Waals surface area contributed by atoms with Crippen LogP contribution in [0.3, 0.4) is 0 Å². The molecule has 1 aromatic carbocycles. The average Bonchev–Trinajstić information content (AvgIpc) is 2.47. The number of ether oxygens (including phenoxy) is 2. The molecule has 0 spiro atoms. The van der Waals surface area contributed by atoms with E-state index in [-0.39, 0.29) is 18.2 Å². The van der Waals surface area contributed by atoms with Gasteiger partial charge in [-0.25, -0.2) is 9.78 Å². The van der Waals surface area contributed by atoms with Crippen LogP contribution < -0.4 is 9.47 Å². The summed E-state index contributed by atoms with van der Waals surface area (Å²) in [5.74, 6) is -0.300. The molecule has 0 saturated carbocycles. The van der Waals surface area contributed by atoms with Crippen molar-refractivity contribution in [2.45, 2.75) is 13.5 Å². The molecule has 110 valence electrons. The summed E-state index contributed by atoms with van der Waals surface area (Å²) in [6.07, 6.45) is 1.19. The maximum absolute atomic E-state index is 10.9. The SMILES string of the molecule is COc1cc(CO)ccc1Oc1ncc(C(=O)O)c(C)n1. The normalized spacial score (nSPS) is 10.2. The van der Waals surface area contributed by atoms with Gasteiger partial charge in [-0.05, 0) is 24.6 Å². The predicted octanol–water partition coefficient (Wildman–Crippen LogP) is 1.78. The highest BCUT2D eigenvalue weighted by Gasteiger charge is 2.13. The largest absolute Gasteiger partial charge is 0.493 e. The van der Waals surface area contributed by atoms with Crippen molar-refractivity contribution in [1.82, 2.24) is 9.97 Å². The van der Waals surface area contributed by atoms with Crippen molar-refractivity contribution in [3.63, 3.8) is 0 Å². The number of rotatable bonds is 5. The Morgan fingerprint density at radius 3 is 2.67 bits per heavy atom. The van der Waals surface area contributed by atoms with Gasteiger partial charge in [0.2, 0.25) is 0 Å². The van der Waals surface area contributed by atoms with Crippen LogP contribution in [-0.4, -0.2) is 33.3 Å². The molecule has 0 aliphatic heterocycles. The monoisotopic (exact) mass is 290 g/mol. The van der Waals surface area contributed by atoms with Crippen molar-refractivity contribution in [3.8, 4) is 17.5 Å². The van der Waals surface area contributed by atoms with E-state index < -0.39 is 5.97 Å². The molecule has 21 heavy (non-hydrogen) atoms. The number of nitrogens with zero attached hydrogens (tertiary/aromatic N) is 2. The molecule has 0 fully saturated rings. The average molecular weight is 290 g/mol. The van der Waals surface area contributed by atoms with Crippen LogP contribution >= 0.6 is 0 Å². The molecule has 0 aliphatic carbocycles. The number of hydrogen-bond acceptors (Lipinski definition) is 6. The first-order valence-electron chi connectivity index (χ1n) is 6.07. The first kappa shape index (κ1) is 14.7. The van der Waals surface area contributed by atoms with Crippen LogP contribution in [0, 0.1) is 6.92 Å². The topological polar surface area (TPSA) is 102 Å². The van der Waals surface area contributed by atoms with Gasteiger partial charge in [-0.15, -0.1) is 0 Å². The third kappa shape index (κ3) is 3.26. The Balaban J connectivity index is 2.30. The van der Waals surface area contributed by atoms with E-state index in [4.69, 9.17) is 19.7 Å². The molecule has 2 N–H and O–H groups in total. The lowest BCUT2D eigenvalue weighted by atomic mass is 10.2. The van der Waals surface area contributed by atoms with Crippen molar-refractivity contribution in [3.05, 3.63) is 41.2 Å². The van der Waals surface area contributed by atoms with Gasteiger partial charge in [-0.1, -0.05) is 6.07 Å². The zero-order valence-electron chi connectivity index (χ0n) is 11.5. The second-order valence-corrected chi connectivity index (χ2v) is 4.20. The number of aliphatic hydroxyl groups is 1. The third-order valence-corrected chi connectivity index (χ3v) is 2.80. The fraction of sp³-hybridized carbons (Fsp3) is 0.214. The summed E-state index contributed by atoms with van der Waals surface area (Å²) in [5.41, 5.74) is 1.00. The number of aromatic carboxylic acids is 1. The number of benzene rings is 1. The standard InChI is InChI=1S/C14H14N2O5/c1-8-10(13(18)19)6-15-14(16-8)21-11-4-3-9(7-17)5-12(11)20-2/h3-6,17H,7H2,1-2H3,(H,18,19). The number of aryl methyl sites for hydroxylation is 1. The van der Waals surface area contributed by atoms with Gasteiger partial charge in [-0.3, -0.25) is 0 Å². The summed E-state index contributed by atoms with van der Waals surface area (Å²) in [6.45, 7) is 1.45. The van der Waals surface area contributed by atoms with Crippen molar-refractivity contribution < 1.29 is 24.5 Å². The van der Waals surface area contributed by atoms with Crippen molar-refractivity contribution in [2.24, 2.45) is 0 Å². The van der Waals surface area contributed by atoms with E-state index >= 15 is 0 Å². The molecule has 1 heterocycles. The van der Waals surface area contributed by atoms with E-state index in [0.29, 0.717) is 22.8 Å². The summed E-state index contributed by atoms with van der Waals surface area (Å²) < 4.78 is 10.7. The van der Waals surface area contributed by atoms with Crippen LogP contribution in [0.5, 0.6) is 17.5 Å². The first-order chi connectivity index (χ1) is 10.0. The number of carbonyl (C=O) groups is 1. The van der Waals surface area contributed by atoms with Gasteiger partial charge in [0.05, 0.1) is 25.0 Å². The maximum atomic E-state index is 10.9. The predicted molar refractivity (Wildman–Crippen MR) is 72.7 cm³/mol. The fourth-order valence-corrected chi connectivity index (χ4v) is 1.70. The molecule has 1 aromatic heterocycles. The molecule has 7 heteroatoms. The molecule has 0 unspecified atom stereocenters. The van der Waals surface area contributed by atoms with E-state index in [1.807, 2.05) is 0 Å². The zero-order valence-corrected chi connectivity index (χ0v) is 11.5. The summed E-state index contributed by atoms with van der Waals surface area (Å²) >= 11 is 0. The second-order valence-electron chi connectivity index (χ2n) is 4.20. The Kier molecular flexibility index (Phi) is 4.34. The highest BCUT2D eigenvalue weighted by Crippen LogP contribution is 2.31. The van der Waals surface area contributed by atoms with Gasteiger partial charge >= 0.3 is 12.0 Å². The van der Waals surface area contributed by atoms with Crippen LogP contribution in [0.1, 0.15) is 21.6 Å². The molecule has 2 aromatic rings. The maximum Gasteiger partial charge on any atom is 0.339 e. The molecular formula is C14H14N2O5. The van der Waals surface area contributed by atoms with Crippen LogP contribution in [0.4, 0.5) is 0 Å². The van der Waals surface area contributed by atoms with Gasteiger partial charge in [0, 0.05) is 6.20 Å². The lowest BCUT2D eigenvalue weighted by molar-refractivity contribution is 0.0695. The summed E-state index contributed by atoms with van der Waals surface area (Å²) in [4.78, 5) is 18.7. The van der Waals surface area contributed by atoms with Crippen LogP contribution in [0.15, 0.2) is 24.4 Å². The van der Waals surface area contributed by atoms with E-state index in [9.17, 15) is 4.79 Å². The van der Waals surface area contributed by atoms with Crippen molar-refractivity contribution in [2.75, 3.05) is 7.11 Å². The van der Waals surface area contributed by atoms with E-state index in [2.05, 4.69) is 9.97 Å². The van der Waals surface area contributed by atoms with Crippen LogP contribution in [0.25, 0.3) is 0 Å². The van der Waals surface area contributed by atoms with Gasteiger partial charge in [0.1, 0.15) is 0 Å². The van der Waals surface area contributed by atoms with Crippen molar-refractivity contribution >= 4 is 5.97 Å². The summed E-state index contributed by atoms with van der Waals surface area (Å²) in [6, 6.07) is 4.95. The minimum absolute atomic E-state index is 0.0185. The van der Waals surface area contributed by atoms with E-state index in [0.717, 1.165) is 0 Å². The lowest BCUT2D eigenvalue weighted by Crippen LogP contribution is -2.04. The zero-order chi connectivity index (χ0) is 15.4. The third-order valence-electron chi connectivity index (χ3n) is 2.80. The number of aliphatic hydroxyl groups excluding tert-OH is 1. The number of hydrogen-bond donors (Lipinski definition) is 2. The molecule has 7 nitrogen and oxygen atoms in total. The van der Waals surface area contributed by atoms with Gasteiger partial charge in [0.25, 0.3) is 0 Å². The highest BCUT2D eigenvalue weighted by molar-refractivity contribution is 5.88. The lowest BCUT2D eigenvalue weighted by Gasteiger charge is -2.10. The Hall–Kier alpha value is -2.67. The molecule has 2 rings (SSSR count).